The minimum Gasteiger partial charge on any atom is -0.461 e. The van der Waals surface area contributed by atoms with E-state index in [9.17, 15) is 4.79 Å². The normalized spacial score (nSPS) is 29.9. The van der Waals surface area contributed by atoms with Crippen molar-refractivity contribution in [3.63, 3.8) is 0 Å². The van der Waals surface area contributed by atoms with Gasteiger partial charge in [-0.05, 0) is 29.4 Å². The van der Waals surface area contributed by atoms with Gasteiger partial charge in [-0.2, -0.15) is 0 Å². The van der Waals surface area contributed by atoms with E-state index < -0.39 is 0 Å². The average molecular weight is 260 g/mol. The molecule has 2 aliphatic rings. The van der Waals surface area contributed by atoms with Crippen molar-refractivity contribution in [1.82, 2.24) is 0 Å². The lowest BCUT2D eigenvalue weighted by atomic mass is 10.1. The van der Waals surface area contributed by atoms with E-state index in [1.165, 1.54) is 0 Å². The fraction of sp³-hybridized carbons (Fsp3) is 0.562. The van der Waals surface area contributed by atoms with Crippen LogP contribution in [0.25, 0.3) is 0 Å². The molecule has 0 N–H and O–H groups in total. The van der Waals surface area contributed by atoms with Crippen LogP contribution in [0.5, 0.6) is 0 Å². The van der Waals surface area contributed by atoms with E-state index in [-0.39, 0.29) is 11.9 Å². The molecular weight excluding hydrogens is 240 g/mol. The van der Waals surface area contributed by atoms with Crippen molar-refractivity contribution >= 4 is 5.97 Å². The van der Waals surface area contributed by atoms with Gasteiger partial charge in [-0.25, -0.2) is 0 Å². The number of esters is 1. The number of fused-ring (bicyclic) bond motifs is 2. The van der Waals surface area contributed by atoms with Gasteiger partial charge in [0.15, 0.2) is 0 Å². The Hall–Kier alpha value is -1.35. The molecule has 1 aliphatic heterocycles. The Labute approximate surface area is 113 Å². The third kappa shape index (κ3) is 2.52. The minimum absolute atomic E-state index is 0.0382. The molecule has 102 valence electrons. The Morgan fingerprint density at radius 2 is 1.95 bits per heavy atom. The third-order valence-corrected chi connectivity index (χ3v) is 4.28. The van der Waals surface area contributed by atoms with Gasteiger partial charge in [0.2, 0.25) is 0 Å². The van der Waals surface area contributed by atoms with Crippen molar-refractivity contribution in [1.29, 1.82) is 0 Å². The standard InChI is InChI=1S/C16H20O3/c1-2-5-13-14-10-18-8-11-6-3-4-7-12(11)9-19-16(17)15(13)14/h3-4,6-7,13-15H,2,5,8-10H2,1H3/t13-,14-,15+/m0/s1. The highest BCUT2D eigenvalue weighted by Gasteiger charge is 2.54. The first-order valence-electron chi connectivity index (χ1n) is 7.12. The summed E-state index contributed by atoms with van der Waals surface area (Å²) < 4.78 is 11.3. The quantitative estimate of drug-likeness (QED) is 0.767. The maximum absolute atomic E-state index is 12.1. The van der Waals surface area contributed by atoms with Crippen LogP contribution < -0.4 is 0 Å². The number of carbonyl (C=O) groups excluding carboxylic acids is 1. The van der Waals surface area contributed by atoms with Crippen LogP contribution in [0.15, 0.2) is 24.3 Å². The van der Waals surface area contributed by atoms with Crippen LogP contribution in [-0.2, 0) is 27.5 Å². The molecular formula is C16H20O3. The Balaban J connectivity index is 1.74. The molecule has 1 heterocycles. The summed E-state index contributed by atoms with van der Waals surface area (Å²) in [5, 5.41) is 0. The van der Waals surface area contributed by atoms with Gasteiger partial charge in [-0.1, -0.05) is 37.6 Å². The summed E-state index contributed by atoms with van der Waals surface area (Å²) in [4.78, 5) is 12.1. The van der Waals surface area contributed by atoms with Crippen molar-refractivity contribution in [3.8, 4) is 0 Å². The first-order chi connectivity index (χ1) is 9.31. The molecule has 0 saturated heterocycles. The maximum Gasteiger partial charge on any atom is 0.309 e. The smallest absolute Gasteiger partial charge is 0.309 e. The Bertz CT molecular complexity index is 469. The fourth-order valence-corrected chi connectivity index (χ4v) is 3.14. The number of ether oxygens (including phenoxy) is 2. The zero-order valence-electron chi connectivity index (χ0n) is 11.3. The molecule has 1 saturated carbocycles. The summed E-state index contributed by atoms with van der Waals surface area (Å²) >= 11 is 0. The second-order valence-corrected chi connectivity index (χ2v) is 5.53. The summed E-state index contributed by atoms with van der Waals surface area (Å²) in [5.41, 5.74) is 2.18. The molecule has 3 nitrogen and oxygen atoms in total. The van der Waals surface area contributed by atoms with Crippen LogP contribution in [0.1, 0.15) is 30.9 Å². The van der Waals surface area contributed by atoms with Gasteiger partial charge in [0.25, 0.3) is 0 Å². The van der Waals surface area contributed by atoms with Gasteiger partial charge in [0, 0.05) is 0 Å². The number of cyclic esters (lactones) is 1. The maximum atomic E-state index is 12.1. The molecule has 0 aromatic heterocycles. The molecule has 0 radical (unpaired) electrons. The summed E-state index contributed by atoms with van der Waals surface area (Å²) in [6.07, 6.45) is 2.21. The first-order valence-corrected chi connectivity index (χ1v) is 7.12. The average Bonchev–Trinajstić information content (AvgIpc) is 3.11. The van der Waals surface area contributed by atoms with Crippen LogP contribution in [-0.4, -0.2) is 12.6 Å². The van der Waals surface area contributed by atoms with Crippen molar-refractivity contribution in [2.45, 2.75) is 33.0 Å². The molecule has 0 amide bonds. The topological polar surface area (TPSA) is 35.5 Å². The number of benzene rings is 1. The van der Waals surface area contributed by atoms with Crippen LogP contribution in [0, 0.1) is 17.8 Å². The highest BCUT2D eigenvalue weighted by Crippen LogP contribution is 2.50. The molecule has 1 aliphatic carbocycles. The van der Waals surface area contributed by atoms with Crippen LogP contribution >= 0.6 is 0 Å². The number of rotatable bonds is 2. The van der Waals surface area contributed by atoms with Gasteiger partial charge in [-0.15, -0.1) is 0 Å². The number of carbonyl (C=O) groups is 1. The zero-order chi connectivity index (χ0) is 13.2. The Morgan fingerprint density at radius 3 is 2.68 bits per heavy atom. The van der Waals surface area contributed by atoms with Crippen LogP contribution in [0.4, 0.5) is 0 Å². The van der Waals surface area contributed by atoms with Gasteiger partial charge >= 0.3 is 5.97 Å². The van der Waals surface area contributed by atoms with Gasteiger partial charge in [-0.3, -0.25) is 4.79 Å². The Kier molecular flexibility index (Phi) is 3.56. The van der Waals surface area contributed by atoms with Crippen molar-refractivity contribution in [2.75, 3.05) is 6.61 Å². The van der Waals surface area contributed by atoms with Gasteiger partial charge in [0.05, 0.1) is 19.1 Å². The molecule has 19 heavy (non-hydrogen) atoms. The van der Waals surface area contributed by atoms with Gasteiger partial charge in [0.1, 0.15) is 6.61 Å². The lowest BCUT2D eigenvalue weighted by Crippen LogP contribution is -2.13. The summed E-state index contributed by atoms with van der Waals surface area (Å²) in [6, 6.07) is 8.01. The van der Waals surface area contributed by atoms with E-state index in [4.69, 9.17) is 9.47 Å². The summed E-state index contributed by atoms with van der Waals surface area (Å²) in [7, 11) is 0. The molecule has 3 rings (SSSR count). The van der Waals surface area contributed by atoms with Crippen LogP contribution in [0.3, 0.4) is 0 Å². The lowest BCUT2D eigenvalue weighted by Gasteiger charge is -2.12. The molecule has 0 bridgehead atoms. The van der Waals surface area contributed by atoms with E-state index in [0.29, 0.717) is 31.7 Å². The third-order valence-electron chi connectivity index (χ3n) is 4.28. The second kappa shape index (κ2) is 5.33. The van der Waals surface area contributed by atoms with E-state index in [2.05, 4.69) is 6.92 Å². The van der Waals surface area contributed by atoms with Crippen molar-refractivity contribution in [3.05, 3.63) is 35.4 Å². The predicted octanol–water partition coefficient (Wildman–Crippen LogP) is 2.92. The fourth-order valence-electron chi connectivity index (χ4n) is 3.14. The largest absolute Gasteiger partial charge is 0.461 e. The molecule has 0 spiro atoms. The second-order valence-electron chi connectivity index (χ2n) is 5.53. The van der Waals surface area contributed by atoms with Gasteiger partial charge < -0.3 is 9.47 Å². The molecule has 0 unspecified atom stereocenters. The minimum atomic E-state index is -0.0382. The highest BCUT2D eigenvalue weighted by atomic mass is 16.5. The monoisotopic (exact) mass is 260 g/mol. The highest BCUT2D eigenvalue weighted by molar-refractivity contribution is 5.76. The molecule has 3 heteroatoms. The molecule has 1 aromatic rings. The predicted molar refractivity (Wildman–Crippen MR) is 71.3 cm³/mol. The van der Waals surface area contributed by atoms with E-state index >= 15 is 0 Å². The number of hydrogen-bond donors (Lipinski definition) is 0. The SMILES string of the molecule is CCC[C@H]1[C@@H]2COCc3ccccc3COC(=O)[C@H]12. The molecule has 1 aromatic carbocycles. The van der Waals surface area contributed by atoms with Crippen molar-refractivity contribution in [2.24, 2.45) is 17.8 Å². The van der Waals surface area contributed by atoms with E-state index in [0.717, 1.165) is 24.0 Å². The van der Waals surface area contributed by atoms with Crippen LogP contribution in [0.2, 0.25) is 0 Å². The number of hydrogen-bond acceptors (Lipinski definition) is 3. The van der Waals surface area contributed by atoms with Crippen molar-refractivity contribution < 1.29 is 14.3 Å². The molecule has 1 fully saturated rings. The van der Waals surface area contributed by atoms with E-state index in [1.807, 2.05) is 24.3 Å². The Morgan fingerprint density at radius 1 is 1.21 bits per heavy atom. The lowest BCUT2D eigenvalue weighted by molar-refractivity contribution is -0.147. The first kappa shape index (κ1) is 12.7. The summed E-state index contributed by atoms with van der Waals surface area (Å²) in [5.74, 6) is 0.880. The summed E-state index contributed by atoms with van der Waals surface area (Å²) in [6.45, 7) is 3.83. The molecule has 3 atom stereocenters. The van der Waals surface area contributed by atoms with E-state index in [1.54, 1.807) is 0 Å². The zero-order valence-corrected chi connectivity index (χ0v) is 11.3.